The van der Waals surface area contributed by atoms with Gasteiger partial charge in [0.1, 0.15) is 5.75 Å². The second kappa shape index (κ2) is 8.03. The first-order valence-corrected chi connectivity index (χ1v) is 7.50. The van der Waals surface area contributed by atoms with Crippen molar-refractivity contribution in [2.24, 2.45) is 0 Å². The Hall–Kier alpha value is -3.53. The smallest absolute Gasteiger partial charge is 0.337 e. The van der Waals surface area contributed by atoms with E-state index in [0.717, 1.165) is 6.07 Å². The molecule has 2 aromatic carbocycles. The van der Waals surface area contributed by atoms with Crippen LogP contribution >= 0.6 is 12.2 Å². The number of phenolic OH excluding ortho intramolecular Hbond substituents is 1. The number of rotatable bonds is 4. The molecule has 2 aromatic rings. The number of aromatic hydroxyl groups is 1. The second-order valence-corrected chi connectivity index (χ2v) is 5.34. The molecule has 0 radical (unpaired) electrons. The molecule has 0 aliphatic carbocycles. The highest BCUT2D eigenvalue weighted by Crippen LogP contribution is 2.27. The quantitative estimate of drug-likeness (QED) is 0.244. The molecular formula is C16H13N3O6S. The largest absolute Gasteiger partial charge is 0.506 e. The number of amides is 1. The fraction of sp³-hybridized carbons (Fsp3) is 0.0625. The molecular weight excluding hydrogens is 362 g/mol. The minimum absolute atomic E-state index is 0.0990. The highest BCUT2D eigenvalue weighted by Gasteiger charge is 2.13. The summed E-state index contributed by atoms with van der Waals surface area (Å²) in [7, 11) is 1.25. The molecule has 0 bridgehead atoms. The van der Waals surface area contributed by atoms with Crippen LogP contribution in [0.5, 0.6) is 5.75 Å². The number of nitro groups is 1. The maximum absolute atomic E-state index is 12.1. The summed E-state index contributed by atoms with van der Waals surface area (Å²) < 4.78 is 4.57. The average molecular weight is 375 g/mol. The van der Waals surface area contributed by atoms with Gasteiger partial charge in [0.15, 0.2) is 5.11 Å². The van der Waals surface area contributed by atoms with Crippen molar-refractivity contribution in [3.63, 3.8) is 0 Å². The maximum atomic E-state index is 12.1. The number of esters is 1. The first kappa shape index (κ1) is 18.8. The number of carbonyl (C=O) groups is 2. The molecule has 0 atom stereocenters. The molecule has 3 N–H and O–H groups in total. The lowest BCUT2D eigenvalue weighted by molar-refractivity contribution is -0.384. The van der Waals surface area contributed by atoms with Crippen LogP contribution in [0.4, 0.5) is 11.4 Å². The number of hydrogen-bond donors (Lipinski definition) is 3. The molecule has 10 heteroatoms. The van der Waals surface area contributed by atoms with E-state index in [1.807, 2.05) is 0 Å². The van der Waals surface area contributed by atoms with Crippen LogP contribution in [-0.2, 0) is 4.74 Å². The Kier molecular flexibility index (Phi) is 5.81. The normalized spacial score (nSPS) is 9.88. The number of hydrogen-bond acceptors (Lipinski definition) is 7. The average Bonchev–Trinajstić information content (AvgIpc) is 2.62. The summed E-state index contributed by atoms with van der Waals surface area (Å²) in [4.78, 5) is 33.5. The fourth-order valence-electron chi connectivity index (χ4n) is 1.94. The lowest BCUT2D eigenvalue weighted by atomic mass is 10.1. The van der Waals surface area contributed by atoms with E-state index in [9.17, 15) is 24.8 Å². The van der Waals surface area contributed by atoms with Crippen LogP contribution < -0.4 is 10.6 Å². The third kappa shape index (κ3) is 4.51. The predicted octanol–water partition coefficient (Wildman–Crippen LogP) is 2.21. The number of nitrogens with zero attached hydrogens (tertiary/aromatic N) is 1. The molecule has 1 amide bonds. The van der Waals surface area contributed by atoms with Gasteiger partial charge >= 0.3 is 5.97 Å². The van der Waals surface area contributed by atoms with Crippen molar-refractivity contribution in [2.45, 2.75) is 0 Å². The Morgan fingerprint density at radius 1 is 1.15 bits per heavy atom. The highest BCUT2D eigenvalue weighted by molar-refractivity contribution is 7.80. The van der Waals surface area contributed by atoms with E-state index in [0.29, 0.717) is 5.56 Å². The van der Waals surface area contributed by atoms with Crippen LogP contribution in [-0.4, -0.2) is 34.1 Å². The van der Waals surface area contributed by atoms with Gasteiger partial charge < -0.3 is 15.2 Å². The fourth-order valence-corrected chi connectivity index (χ4v) is 2.15. The van der Waals surface area contributed by atoms with Crippen molar-refractivity contribution in [1.29, 1.82) is 0 Å². The standard InChI is InChI=1S/C16H13N3O6S/c1-25-15(22)10-4-2-9(3-5-10)14(21)18-16(26)17-12-7-6-11(19(23)24)8-13(12)20/h2-8,20H,1H3,(H2,17,18,21,26). The van der Waals surface area contributed by atoms with Gasteiger partial charge in [-0.25, -0.2) is 4.79 Å². The van der Waals surface area contributed by atoms with Gasteiger partial charge in [-0.15, -0.1) is 0 Å². The van der Waals surface area contributed by atoms with Crippen LogP contribution in [0.15, 0.2) is 42.5 Å². The monoisotopic (exact) mass is 375 g/mol. The minimum atomic E-state index is -0.651. The predicted molar refractivity (Wildman–Crippen MR) is 96.2 cm³/mol. The van der Waals surface area contributed by atoms with Crippen LogP contribution in [0.1, 0.15) is 20.7 Å². The summed E-state index contributed by atoms with van der Waals surface area (Å²) in [6.45, 7) is 0. The third-order valence-corrected chi connectivity index (χ3v) is 3.44. The number of benzene rings is 2. The molecule has 134 valence electrons. The van der Waals surface area contributed by atoms with Gasteiger partial charge in [-0.05, 0) is 42.5 Å². The summed E-state index contributed by atoms with van der Waals surface area (Å²) in [6.07, 6.45) is 0. The Morgan fingerprint density at radius 3 is 2.31 bits per heavy atom. The van der Waals surface area contributed by atoms with Crippen molar-refractivity contribution in [3.05, 3.63) is 63.7 Å². The van der Waals surface area contributed by atoms with Gasteiger partial charge in [-0.1, -0.05) is 0 Å². The van der Waals surface area contributed by atoms with Crippen LogP contribution in [0, 0.1) is 10.1 Å². The summed E-state index contributed by atoms with van der Waals surface area (Å²) in [6, 6.07) is 9.10. The number of anilines is 1. The molecule has 9 nitrogen and oxygen atoms in total. The summed E-state index contributed by atoms with van der Waals surface area (Å²) >= 11 is 4.98. The highest BCUT2D eigenvalue weighted by atomic mass is 32.1. The van der Waals surface area contributed by atoms with Crippen molar-refractivity contribution in [3.8, 4) is 5.75 Å². The van der Waals surface area contributed by atoms with E-state index in [1.165, 1.54) is 43.5 Å². The molecule has 0 aliphatic heterocycles. The first-order chi connectivity index (χ1) is 12.3. The summed E-state index contributed by atoms with van der Waals surface area (Å²) in [5.41, 5.74) is 0.353. The third-order valence-electron chi connectivity index (χ3n) is 3.24. The zero-order valence-corrected chi connectivity index (χ0v) is 14.2. The van der Waals surface area contributed by atoms with Gasteiger partial charge in [-0.2, -0.15) is 0 Å². The Morgan fingerprint density at radius 2 is 1.77 bits per heavy atom. The van der Waals surface area contributed by atoms with Gasteiger partial charge in [0.05, 0.1) is 29.4 Å². The van der Waals surface area contributed by atoms with E-state index in [2.05, 4.69) is 15.4 Å². The number of nitro benzene ring substituents is 1. The minimum Gasteiger partial charge on any atom is -0.506 e. The SMILES string of the molecule is COC(=O)c1ccc(C(=O)NC(=S)Nc2ccc([N+](=O)[O-])cc2O)cc1. The van der Waals surface area contributed by atoms with Crippen LogP contribution in [0.25, 0.3) is 0 Å². The lowest BCUT2D eigenvalue weighted by Crippen LogP contribution is -2.34. The van der Waals surface area contributed by atoms with Crippen LogP contribution in [0.2, 0.25) is 0 Å². The van der Waals surface area contributed by atoms with Crippen molar-refractivity contribution in [1.82, 2.24) is 5.32 Å². The van der Waals surface area contributed by atoms with E-state index >= 15 is 0 Å². The van der Waals surface area contributed by atoms with Crippen molar-refractivity contribution in [2.75, 3.05) is 12.4 Å². The number of thiocarbonyl (C=S) groups is 1. The topological polar surface area (TPSA) is 131 Å². The lowest BCUT2D eigenvalue weighted by Gasteiger charge is -2.11. The summed E-state index contributed by atoms with van der Waals surface area (Å²) in [5.74, 6) is -1.46. The number of ether oxygens (including phenoxy) is 1. The molecule has 0 aromatic heterocycles. The van der Waals surface area contributed by atoms with E-state index in [-0.39, 0.29) is 22.1 Å². The van der Waals surface area contributed by atoms with Crippen molar-refractivity contribution < 1.29 is 24.4 Å². The number of non-ortho nitro benzene ring substituents is 1. The van der Waals surface area contributed by atoms with Gasteiger partial charge in [0, 0.05) is 11.6 Å². The molecule has 0 fully saturated rings. The van der Waals surface area contributed by atoms with Gasteiger partial charge in [-0.3, -0.25) is 20.2 Å². The molecule has 26 heavy (non-hydrogen) atoms. The Bertz CT molecular complexity index is 882. The number of nitrogens with one attached hydrogen (secondary N) is 2. The maximum Gasteiger partial charge on any atom is 0.337 e. The van der Waals surface area contributed by atoms with Crippen LogP contribution in [0.3, 0.4) is 0 Å². The molecule has 0 unspecified atom stereocenters. The molecule has 0 saturated carbocycles. The number of phenols is 1. The zero-order valence-electron chi connectivity index (χ0n) is 13.4. The number of carbonyl (C=O) groups excluding carboxylic acids is 2. The molecule has 0 heterocycles. The molecule has 0 spiro atoms. The number of methoxy groups -OCH3 is 1. The zero-order chi connectivity index (χ0) is 19.3. The van der Waals surface area contributed by atoms with Gasteiger partial charge in [0.2, 0.25) is 0 Å². The van der Waals surface area contributed by atoms with E-state index < -0.39 is 22.5 Å². The Labute approximate surface area is 152 Å². The Balaban J connectivity index is 2.02. The van der Waals surface area contributed by atoms with E-state index in [1.54, 1.807) is 0 Å². The summed E-state index contributed by atoms with van der Waals surface area (Å²) in [5, 5.41) is 25.2. The van der Waals surface area contributed by atoms with Gasteiger partial charge in [0.25, 0.3) is 11.6 Å². The molecule has 2 rings (SSSR count). The first-order valence-electron chi connectivity index (χ1n) is 7.10. The van der Waals surface area contributed by atoms with E-state index in [4.69, 9.17) is 12.2 Å². The second-order valence-electron chi connectivity index (χ2n) is 4.94. The molecule has 0 saturated heterocycles. The van der Waals surface area contributed by atoms with Crippen molar-refractivity contribution >= 4 is 40.6 Å². The molecule has 0 aliphatic rings.